The van der Waals surface area contributed by atoms with Gasteiger partial charge in [-0.1, -0.05) is 61.3 Å². The van der Waals surface area contributed by atoms with Crippen LogP contribution in [-0.4, -0.2) is 17.3 Å². The molecule has 0 amide bonds. The molecule has 1 atom stereocenters. The highest BCUT2D eigenvalue weighted by molar-refractivity contribution is 6.55. The van der Waals surface area contributed by atoms with E-state index in [1.165, 1.54) is 12.0 Å². The highest BCUT2D eigenvalue weighted by Gasteiger charge is 2.35. The molecule has 0 spiro atoms. The Balaban J connectivity index is 1.23. The minimum atomic E-state index is -0.331. The van der Waals surface area contributed by atoms with Gasteiger partial charge < -0.3 is 0 Å². The lowest BCUT2D eigenvalue weighted by Crippen LogP contribution is -2.28. The monoisotopic (exact) mass is 498 g/mol. The second kappa shape index (κ2) is 11.1. The molecule has 1 aromatic carbocycles. The first-order chi connectivity index (χ1) is 17.8. The molecular formula is C34H42O3. The summed E-state index contributed by atoms with van der Waals surface area (Å²) in [6, 6.07) is 5.88. The van der Waals surface area contributed by atoms with Gasteiger partial charge in [-0.2, -0.15) is 0 Å². The number of Topliss-reactive ketones (excluding diaryl/α,β-unsaturated/α-hetero) is 3. The van der Waals surface area contributed by atoms with Gasteiger partial charge in [-0.05, 0) is 107 Å². The number of carbonyl (C=O) groups is 3. The quantitative estimate of drug-likeness (QED) is 0.284. The maximum absolute atomic E-state index is 13.5. The van der Waals surface area contributed by atoms with Gasteiger partial charge in [0.2, 0.25) is 11.6 Å². The van der Waals surface area contributed by atoms with Crippen molar-refractivity contribution < 1.29 is 14.4 Å². The van der Waals surface area contributed by atoms with Crippen LogP contribution in [0.2, 0.25) is 0 Å². The third kappa shape index (κ3) is 5.66. The zero-order chi connectivity index (χ0) is 26.1. The Kier molecular flexibility index (Phi) is 7.79. The van der Waals surface area contributed by atoms with Crippen LogP contribution in [0.1, 0.15) is 106 Å². The third-order valence-electron chi connectivity index (χ3n) is 9.61. The van der Waals surface area contributed by atoms with Crippen LogP contribution in [0.5, 0.6) is 0 Å². The Bertz CT molecular complexity index is 1160. The number of hydrogen-bond donors (Lipinski definition) is 0. The molecule has 3 nitrogen and oxygen atoms in total. The Hall–Kier alpha value is -2.55. The summed E-state index contributed by atoms with van der Waals surface area (Å²) >= 11 is 0. The Morgan fingerprint density at radius 3 is 2.27 bits per heavy atom. The molecule has 2 saturated carbocycles. The molecule has 196 valence electrons. The average molecular weight is 499 g/mol. The third-order valence-corrected chi connectivity index (χ3v) is 9.61. The van der Waals surface area contributed by atoms with E-state index in [-0.39, 0.29) is 29.2 Å². The molecule has 0 N–H and O–H groups in total. The van der Waals surface area contributed by atoms with E-state index in [9.17, 15) is 14.4 Å². The normalized spacial score (nSPS) is 29.6. The molecule has 4 aliphatic carbocycles. The second-order valence-corrected chi connectivity index (χ2v) is 12.5. The molecule has 0 heterocycles. The Morgan fingerprint density at radius 2 is 1.59 bits per heavy atom. The van der Waals surface area contributed by atoms with Crippen molar-refractivity contribution in [3.8, 4) is 0 Å². The summed E-state index contributed by atoms with van der Waals surface area (Å²) in [4.78, 5) is 40.1. The zero-order valence-corrected chi connectivity index (χ0v) is 22.9. The smallest absolute Gasteiger partial charge is 0.229 e. The first-order valence-corrected chi connectivity index (χ1v) is 14.6. The molecule has 0 aliphatic heterocycles. The molecule has 3 heteroatoms. The summed E-state index contributed by atoms with van der Waals surface area (Å²) in [7, 11) is 0. The fourth-order valence-corrected chi connectivity index (χ4v) is 7.14. The van der Waals surface area contributed by atoms with Gasteiger partial charge in [0, 0.05) is 23.0 Å². The molecule has 4 aliphatic rings. The number of hydrogen-bond acceptors (Lipinski definition) is 3. The van der Waals surface area contributed by atoms with E-state index in [0.717, 1.165) is 74.5 Å². The molecule has 0 radical (unpaired) electrons. The van der Waals surface area contributed by atoms with Crippen molar-refractivity contribution in [2.75, 3.05) is 0 Å². The summed E-state index contributed by atoms with van der Waals surface area (Å²) in [5.41, 5.74) is 5.49. The fourth-order valence-electron chi connectivity index (χ4n) is 7.14. The van der Waals surface area contributed by atoms with Gasteiger partial charge in [-0.3, -0.25) is 14.4 Å². The van der Waals surface area contributed by atoms with E-state index in [0.29, 0.717) is 35.3 Å². The molecule has 1 unspecified atom stereocenters. The van der Waals surface area contributed by atoms with Gasteiger partial charge in [-0.25, -0.2) is 0 Å². The van der Waals surface area contributed by atoms with Gasteiger partial charge in [-0.15, -0.1) is 0 Å². The van der Waals surface area contributed by atoms with E-state index in [2.05, 4.69) is 32.1 Å². The Labute approximate surface area is 222 Å². The van der Waals surface area contributed by atoms with Crippen LogP contribution in [0.25, 0.3) is 5.57 Å². The van der Waals surface area contributed by atoms with Gasteiger partial charge in [0.25, 0.3) is 0 Å². The lowest BCUT2D eigenvalue weighted by Gasteiger charge is -2.30. The molecule has 0 saturated heterocycles. The predicted octanol–water partition coefficient (Wildman–Crippen LogP) is 7.88. The largest absolute Gasteiger partial charge is 0.294 e. The first kappa shape index (κ1) is 26.1. The highest BCUT2D eigenvalue weighted by Crippen LogP contribution is 2.39. The van der Waals surface area contributed by atoms with Crippen LogP contribution < -0.4 is 0 Å². The maximum Gasteiger partial charge on any atom is 0.229 e. The summed E-state index contributed by atoms with van der Waals surface area (Å²) in [6.07, 6.45) is 17.8. The summed E-state index contributed by atoms with van der Waals surface area (Å²) in [6.45, 7) is 6.35. The standard InChI is InChI=1S/C34H42O3/c1-21-4-8-24(9-5-21)19-25-10-14-26(15-11-25)32(35)29-17-16-28-18-23(3)31(30(28)20-29)34(37)33(36)27-12-6-22(2)7-13-27/h4-5,8,16-17,20,22,24-27H,6-7,9-15,18-19H2,1-3H3. The van der Waals surface area contributed by atoms with Gasteiger partial charge in [0.05, 0.1) is 0 Å². The number of fused-ring (bicyclic) bond motifs is 1. The molecule has 0 bridgehead atoms. The molecule has 5 rings (SSSR count). The highest BCUT2D eigenvalue weighted by atomic mass is 16.2. The van der Waals surface area contributed by atoms with Crippen LogP contribution in [-0.2, 0) is 16.0 Å². The number of benzene rings is 1. The fraction of sp³-hybridized carbons (Fsp3) is 0.559. The predicted molar refractivity (Wildman–Crippen MR) is 149 cm³/mol. The van der Waals surface area contributed by atoms with Crippen molar-refractivity contribution in [2.24, 2.45) is 29.6 Å². The van der Waals surface area contributed by atoms with Gasteiger partial charge in [0.1, 0.15) is 0 Å². The van der Waals surface area contributed by atoms with Crippen molar-refractivity contribution in [3.05, 3.63) is 64.3 Å². The van der Waals surface area contributed by atoms with E-state index in [1.807, 2.05) is 25.1 Å². The summed E-state index contributed by atoms with van der Waals surface area (Å²) in [5, 5.41) is 0. The number of rotatable bonds is 7. The topological polar surface area (TPSA) is 51.2 Å². The minimum Gasteiger partial charge on any atom is -0.294 e. The lowest BCUT2D eigenvalue weighted by atomic mass is 9.74. The Morgan fingerprint density at radius 1 is 0.892 bits per heavy atom. The van der Waals surface area contributed by atoms with Crippen molar-refractivity contribution in [1.29, 1.82) is 0 Å². The maximum atomic E-state index is 13.5. The van der Waals surface area contributed by atoms with Crippen LogP contribution in [0.15, 0.2) is 47.6 Å². The summed E-state index contributed by atoms with van der Waals surface area (Å²) in [5.74, 6) is 1.57. The molecular weight excluding hydrogens is 456 g/mol. The van der Waals surface area contributed by atoms with Crippen molar-refractivity contribution in [2.45, 2.75) is 91.4 Å². The van der Waals surface area contributed by atoms with Crippen molar-refractivity contribution in [3.63, 3.8) is 0 Å². The van der Waals surface area contributed by atoms with Crippen LogP contribution in [0, 0.1) is 29.6 Å². The van der Waals surface area contributed by atoms with Crippen LogP contribution >= 0.6 is 0 Å². The van der Waals surface area contributed by atoms with E-state index < -0.39 is 0 Å². The molecule has 1 aromatic rings. The van der Waals surface area contributed by atoms with E-state index >= 15 is 0 Å². The summed E-state index contributed by atoms with van der Waals surface area (Å²) < 4.78 is 0. The van der Waals surface area contributed by atoms with E-state index in [1.54, 1.807) is 0 Å². The minimum absolute atomic E-state index is 0.0647. The van der Waals surface area contributed by atoms with Crippen LogP contribution in [0.3, 0.4) is 0 Å². The SMILES string of the molecule is CC1=CCC(CC2CCC(C(=O)c3ccc4c(c3)C(C(=O)C(=O)C3CCC(C)CC3)=C(C)C4)CC2)C=C1. The van der Waals surface area contributed by atoms with E-state index in [4.69, 9.17) is 0 Å². The zero-order valence-electron chi connectivity index (χ0n) is 22.9. The van der Waals surface area contributed by atoms with Crippen molar-refractivity contribution >= 4 is 22.9 Å². The molecule has 0 aromatic heterocycles. The average Bonchev–Trinajstić information content (AvgIpc) is 3.24. The van der Waals surface area contributed by atoms with Crippen molar-refractivity contribution in [1.82, 2.24) is 0 Å². The lowest BCUT2D eigenvalue weighted by molar-refractivity contribution is -0.136. The van der Waals surface area contributed by atoms with Crippen LogP contribution in [0.4, 0.5) is 0 Å². The second-order valence-electron chi connectivity index (χ2n) is 12.5. The van der Waals surface area contributed by atoms with Gasteiger partial charge >= 0.3 is 0 Å². The first-order valence-electron chi connectivity index (χ1n) is 14.6. The number of ketones is 3. The van der Waals surface area contributed by atoms with Gasteiger partial charge in [0.15, 0.2) is 5.78 Å². The number of carbonyl (C=O) groups excluding carboxylic acids is 3. The number of allylic oxidation sites excluding steroid dienone is 6. The molecule has 2 fully saturated rings. The molecule has 37 heavy (non-hydrogen) atoms.